The second-order valence-corrected chi connectivity index (χ2v) is 6.67. The molecule has 1 aliphatic heterocycles. The van der Waals surface area contributed by atoms with Crippen LogP contribution in [0.15, 0.2) is 42.5 Å². The predicted octanol–water partition coefficient (Wildman–Crippen LogP) is 3.18. The Bertz CT molecular complexity index is 790. The van der Waals surface area contributed by atoms with Gasteiger partial charge in [0.1, 0.15) is 5.75 Å². The molecule has 0 saturated heterocycles. The van der Waals surface area contributed by atoms with Gasteiger partial charge in [-0.05, 0) is 36.1 Å². The summed E-state index contributed by atoms with van der Waals surface area (Å²) in [5, 5.41) is 16.0. The fourth-order valence-corrected chi connectivity index (χ4v) is 3.70. The van der Waals surface area contributed by atoms with E-state index in [0.29, 0.717) is 13.0 Å². The molecule has 5 heteroatoms. The second-order valence-electron chi connectivity index (χ2n) is 6.67. The molecule has 5 nitrogen and oxygen atoms in total. The van der Waals surface area contributed by atoms with Gasteiger partial charge in [0.15, 0.2) is 0 Å². The van der Waals surface area contributed by atoms with Crippen LogP contribution in [0.2, 0.25) is 0 Å². The first-order valence-corrected chi connectivity index (χ1v) is 8.79. The van der Waals surface area contributed by atoms with Crippen molar-refractivity contribution in [2.24, 2.45) is 0 Å². The van der Waals surface area contributed by atoms with E-state index in [9.17, 15) is 9.90 Å². The van der Waals surface area contributed by atoms with Crippen molar-refractivity contribution in [3.05, 3.63) is 59.2 Å². The fourth-order valence-electron chi connectivity index (χ4n) is 3.70. The van der Waals surface area contributed by atoms with Crippen LogP contribution < -0.4 is 15.4 Å². The van der Waals surface area contributed by atoms with Crippen LogP contribution in [0.1, 0.15) is 35.6 Å². The zero-order chi connectivity index (χ0) is 17.2. The molecule has 0 spiro atoms. The summed E-state index contributed by atoms with van der Waals surface area (Å²) in [6, 6.07) is 13.4. The molecule has 0 saturated carbocycles. The standard InChI is InChI=1S/C20H22N2O3/c23-14-9-8-13-4-3-6-17(16(13)12-14)21-20(24)22-18-10-11-25-19-7-2-1-5-15(18)19/h1-7,14,18,23H,8-12H2,(H2,21,22,24)/t14?,18-/m0/s1. The number of amides is 2. The predicted molar refractivity (Wildman–Crippen MR) is 95.9 cm³/mol. The number of rotatable bonds is 2. The Balaban J connectivity index is 1.49. The van der Waals surface area contributed by atoms with Gasteiger partial charge in [0, 0.05) is 24.1 Å². The average molecular weight is 338 g/mol. The van der Waals surface area contributed by atoms with E-state index in [1.54, 1.807) is 0 Å². The molecule has 130 valence electrons. The minimum absolute atomic E-state index is 0.0601. The monoisotopic (exact) mass is 338 g/mol. The molecule has 3 N–H and O–H groups in total. The number of nitrogens with one attached hydrogen (secondary N) is 2. The Morgan fingerprint density at radius 2 is 2.00 bits per heavy atom. The lowest BCUT2D eigenvalue weighted by atomic mass is 9.88. The van der Waals surface area contributed by atoms with Crippen molar-refractivity contribution < 1.29 is 14.6 Å². The summed E-state index contributed by atoms with van der Waals surface area (Å²) < 4.78 is 5.64. The molecule has 4 rings (SSSR count). The molecule has 0 bridgehead atoms. The maximum atomic E-state index is 12.5. The van der Waals surface area contributed by atoms with Crippen molar-refractivity contribution in [1.82, 2.24) is 5.32 Å². The Hall–Kier alpha value is -2.53. The molecule has 2 amide bonds. The van der Waals surface area contributed by atoms with E-state index < -0.39 is 0 Å². The third-order valence-corrected chi connectivity index (χ3v) is 4.97. The fraction of sp³-hybridized carbons (Fsp3) is 0.350. The van der Waals surface area contributed by atoms with Gasteiger partial charge in [0.2, 0.25) is 0 Å². The van der Waals surface area contributed by atoms with E-state index in [1.165, 1.54) is 5.56 Å². The molecule has 2 aliphatic rings. The molecule has 0 aromatic heterocycles. The van der Waals surface area contributed by atoms with Gasteiger partial charge in [0.25, 0.3) is 0 Å². The van der Waals surface area contributed by atoms with Gasteiger partial charge in [0.05, 0.1) is 18.8 Å². The highest BCUT2D eigenvalue weighted by Gasteiger charge is 2.24. The van der Waals surface area contributed by atoms with Crippen LogP contribution in [-0.2, 0) is 12.8 Å². The zero-order valence-corrected chi connectivity index (χ0v) is 14.0. The molecular weight excluding hydrogens is 316 g/mol. The topological polar surface area (TPSA) is 70.6 Å². The highest BCUT2D eigenvalue weighted by Crippen LogP contribution is 2.32. The van der Waals surface area contributed by atoms with Crippen LogP contribution in [0.5, 0.6) is 5.75 Å². The summed E-state index contributed by atoms with van der Waals surface area (Å²) >= 11 is 0. The first kappa shape index (κ1) is 16.0. The van der Waals surface area contributed by atoms with Crippen LogP contribution in [0.25, 0.3) is 0 Å². The minimum atomic E-state index is -0.333. The summed E-state index contributed by atoms with van der Waals surface area (Å²) in [5.74, 6) is 0.833. The normalized spacial score (nSPS) is 21.5. The quantitative estimate of drug-likeness (QED) is 0.787. The average Bonchev–Trinajstić information content (AvgIpc) is 2.62. The van der Waals surface area contributed by atoms with Crippen LogP contribution in [-0.4, -0.2) is 23.8 Å². The van der Waals surface area contributed by atoms with E-state index in [0.717, 1.165) is 41.8 Å². The Kier molecular flexibility index (Phi) is 4.32. The maximum Gasteiger partial charge on any atom is 0.319 e. The van der Waals surface area contributed by atoms with Crippen molar-refractivity contribution in [3.8, 4) is 5.75 Å². The molecule has 25 heavy (non-hydrogen) atoms. The molecule has 2 atom stereocenters. The van der Waals surface area contributed by atoms with E-state index >= 15 is 0 Å². The molecule has 0 fully saturated rings. The first-order valence-electron chi connectivity index (χ1n) is 8.79. The van der Waals surface area contributed by atoms with Crippen molar-refractivity contribution in [1.29, 1.82) is 0 Å². The number of ether oxygens (including phenoxy) is 1. The molecule has 1 aliphatic carbocycles. The van der Waals surface area contributed by atoms with Crippen LogP contribution >= 0.6 is 0 Å². The number of carbonyl (C=O) groups is 1. The number of aliphatic hydroxyl groups is 1. The number of aliphatic hydroxyl groups excluding tert-OH is 1. The lowest BCUT2D eigenvalue weighted by Gasteiger charge is -2.27. The largest absolute Gasteiger partial charge is 0.493 e. The summed E-state index contributed by atoms with van der Waals surface area (Å²) in [6.45, 7) is 0.592. The third-order valence-electron chi connectivity index (χ3n) is 4.97. The molecule has 2 aromatic rings. The number of fused-ring (bicyclic) bond motifs is 2. The van der Waals surface area contributed by atoms with Gasteiger partial charge in [-0.3, -0.25) is 0 Å². The Labute approximate surface area is 147 Å². The number of benzene rings is 2. The minimum Gasteiger partial charge on any atom is -0.493 e. The second kappa shape index (κ2) is 6.76. The van der Waals surface area contributed by atoms with E-state index in [4.69, 9.17) is 4.74 Å². The molecule has 2 aromatic carbocycles. The van der Waals surface area contributed by atoms with Gasteiger partial charge in [-0.15, -0.1) is 0 Å². The van der Waals surface area contributed by atoms with Crippen molar-refractivity contribution >= 4 is 11.7 Å². The van der Waals surface area contributed by atoms with E-state index in [1.807, 2.05) is 36.4 Å². The van der Waals surface area contributed by atoms with Crippen molar-refractivity contribution in [2.45, 2.75) is 37.8 Å². The van der Waals surface area contributed by atoms with Crippen LogP contribution in [0.3, 0.4) is 0 Å². The number of para-hydroxylation sites is 1. The van der Waals surface area contributed by atoms with Crippen molar-refractivity contribution in [3.63, 3.8) is 0 Å². The Morgan fingerprint density at radius 1 is 1.12 bits per heavy atom. The zero-order valence-electron chi connectivity index (χ0n) is 14.0. The molecular formula is C20H22N2O3. The summed E-state index contributed by atoms with van der Waals surface area (Å²) in [6.07, 6.45) is 2.63. The van der Waals surface area contributed by atoms with Gasteiger partial charge >= 0.3 is 6.03 Å². The highest BCUT2D eigenvalue weighted by atomic mass is 16.5. The van der Waals surface area contributed by atoms with Gasteiger partial charge < -0.3 is 20.5 Å². The van der Waals surface area contributed by atoms with E-state index in [2.05, 4.69) is 16.7 Å². The summed E-state index contributed by atoms with van der Waals surface area (Å²) in [7, 11) is 0. The SMILES string of the molecule is O=C(Nc1cccc2c1CC(O)CC2)N[C@H]1CCOc2ccccc21. The molecule has 0 radical (unpaired) electrons. The lowest BCUT2D eigenvalue weighted by Crippen LogP contribution is -2.35. The summed E-state index contributed by atoms with van der Waals surface area (Å²) in [4.78, 5) is 12.5. The number of urea groups is 1. The lowest BCUT2D eigenvalue weighted by molar-refractivity contribution is 0.159. The number of carbonyl (C=O) groups excluding carboxylic acids is 1. The number of hydrogen-bond acceptors (Lipinski definition) is 3. The van der Waals surface area contributed by atoms with Crippen LogP contribution in [0.4, 0.5) is 10.5 Å². The molecule has 1 unspecified atom stereocenters. The van der Waals surface area contributed by atoms with Gasteiger partial charge in [-0.25, -0.2) is 4.79 Å². The van der Waals surface area contributed by atoms with Gasteiger partial charge in [-0.1, -0.05) is 30.3 Å². The third kappa shape index (κ3) is 3.33. The Morgan fingerprint density at radius 3 is 2.92 bits per heavy atom. The smallest absolute Gasteiger partial charge is 0.319 e. The van der Waals surface area contributed by atoms with Crippen LogP contribution in [0, 0.1) is 0 Å². The molecule has 1 heterocycles. The number of anilines is 1. The van der Waals surface area contributed by atoms with Crippen molar-refractivity contribution in [2.75, 3.05) is 11.9 Å². The number of hydrogen-bond donors (Lipinski definition) is 3. The van der Waals surface area contributed by atoms with E-state index in [-0.39, 0.29) is 18.2 Å². The number of aryl methyl sites for hydroxylation is 1. The maximum absolute atomic E-state index is 12.5. The highest BCUT2D eigenvalue weighted by molar-refractivity contribution is 5.90. The van der Waals surface area contributed by atoms with Gasteiger partial charge in [-0.2, -0.15) is 0 Å². The summed E-state index contributed by atoms with van der Waals surface area (Å²) in [5.41, 5.74) is 4.05. The first-order chi connectivity index (χ1) is 12.2.